The van der Waals surface area contributed by atoms with Crippen molar-refractivity contribution in [3.8, 4) is 5.75 Å². The Kier molecular flexibility index (Phi) is 6.19. The molecule has 0 saturated carbocycles. The molecule has 18 heavy (non-hydrogen) atoms. The van der Waals surface area contributed by atoms with Crippen LogP contribution in [0.25, 0.3) is 0 Å². The number of ether oxygens (including phenoxy) is 2. The van der Waals surface area contributed by atoms with Gasteiger partial charge in [-0.15, -0.1) is 0 Å². The van der Waals surface area contributed by atoms with Gasteiger partial charge in [-0.1, -0.05) is 29.8 Å². The zero-order valence-corrected chi connectivity index (χ0v) is 12.6. The van der Waals surface area contributed by atoms with Gasteiger partial charge < -0.3 is 9.47 Å². The minimum Gasteiger partial charge on any atom is -0.494 e. The van der Waals surface area contributed by atoms with E-state index in [1.165, 1.54) is 7.11 Å². The Bertz CT molecular complexity index is 402. The molecular weight excluding hydrogens is 296 g/mol. The molecule has 0 unspecified atom stereocenters. The number of methoxy groups -OCH3 is 1. The number of rotatable bonds is 6. The summed E-state index contributed by atoms with van der Waals surface area (Å²) in [6.07, 6.45) is 0.992. The molecule has 0 aliphatic carbocycles. The molecule has 1 rings (SSSR count). The van der Waals surface area contributed by atoms with E-state index in [1.54, 1.807) is 12.1 Å². The highest BCUT2D eigenvalue weighted by atomic mass is 79.9. The first-order valence-electron chi connectivity index (χ1n) is 5.98. The second-order valence-electron chi connectivity index (χ2n) is 4.52. The van der Waals surface area contributed by atoms with Gasteiger partial charge in [0.2, 0.25) is 0 Å². The first-order chi connectivity index (χ1) is 8.56. The van der Waals surface area contributed by atoms with Crippen LogP contribution in [0.15, 0.2) is 18.2 Å². The minimum absolute atomic E-state index is 0.341. The molecule has 0 aliphatic rings. The molecule has 0 bridgehead atoms. The smallest absolute Gasteiger partial charge is 0.337 e. The van der Waals surface area contributed by atoms with Gasteiger partial charge in [0.15, 0.2) is 0 Å². The number of hydrogen-bond donors (Lipinski definition) is 0. The van der Waals surface area contributed by atoms with Crippen LogP contribution in [0.2, 0.25) is 0 Å². The summed E-state index contributed by atoms with van der Waals surface area (Å²) in [4.78, 5) is 11.5. The van der Waals surface area contributed by atoms with Crippen molar-refractivity contribution >= 4 is 21.9 Å². The third-order valence-electron chi connectivity index (χ3n) is 2.51. The predicted molar refractivity (Wildman–Crippen MR) is 75.4 cm³/mol. The van der Waals surface area contributed by atoms with E-state index >= 15 is 0 Å². The Hall–Kier alpha value is -1.03. The van der Waals surface area contributed by atoms with Crippen molar-refractivity contribution in [1.82, 2.24) is 0 Å². The van der Waals surface area contributed by atoms with E-state index in [0.29, 0.717) is 29.2 Å². The molecule has 0 amide bonds. The van der Waals surface area contributed by atoms with Crippen LogP contribution < -0.4 is 4.74 Å². The SMILES string of the molecule is COC(=O)c1cc(CBr)cc(OCCC(C)C)c1. The van der Waals surface area contributed by atoms with Crippen LogP contribution in [0.5, 0.6) is 5.75 Å². The lowest BCUT2D eigenvalue weighted by atomic mass is 10.1. The fourth-order valence-corrected chi connectivity index (χ4v) is 1.79. The molecule has 0 radical (unpaired) electrons. The molecule has 0 aliphatic heterocycles. The van der Waals surface area contributed by atoms with Gasteiger partial charge in [-0.25, -0.2) is 4.79 Å². The van der Waals surface area contributed by atoms with Gasteiger partial charge in [0.1, 0.15) is 5.75 Å². The lowest BCUT2D eigenvalue weighted by Crippen LogP contribution is -2.05. The Morgan fingerprint density at radius 1 is 1.33 bits per heavy atom. The van der Waals surface area contributed by atoms with Crippen molar-refractivity contribution < 1.29 is 14.3 Å². The summed E-state index contributed by atoms with van der Waals surface area (Å²) in [5.41, 5.74) is 1.52. The standard InChI is InChI=1S/C14H19BrO3/c1-10(2)4-5-18-13-7-11(9-15)6-12(8-13)14(16)17-3/h6-8,10H,4-5,9H2,1-3H3. The van der Waals surface area contributed by atoms with Crippen molar-refractivity contribution in [3.05, 3.63) is 29.3 Å². The molecule has 1 aromatic carbocycles. The second-order valence-corrected chi connectivity index (χ2v) is 5.08. The van der Waals surface area contributed by atoms with E-state index in [4.69, 9.17) is 9.47 Å². The summed E-state index contributed by atoms with van der Waals surface area (Å²) in [5, 5.41) is 0.679. The summed E-state index contributed by atoms with van der Waals surface area (Å²) < 4.78 is 10.4. The second kappa shape index (κ2) is 7.41. The molecule has 0 saturated heterocycles. The molecule has 0 heterocycles. The summed E-state index contributed by atoms with van der Waals surface area (Å²) in [6, 6.07) is 5.45. The maximum Gasteiger partial charge on any atom is 0.337 e. The number of hydrogen-bond acceptors (Lipinski definition) is 3. The first kappa shape index (κ1) is 15.0. The van der Waals surface area contributed by atoms with Gasteiger partial charge in [0, 0.05) is 5.33 Å². The Balaban J connectivity index is 2.80. The van der Waals surface area contributed by atoms with Gasteiger partial charge in [0.05, 0.1) is 19.3 Å². The van der Waals surface area contributed by atoms with E-state index < -0.39 is 0 Å². The summed E-state index contributed by atoms with van der Waals surface area (Å²) >= 11 is 3.38. The monoisotopic (exact) mass is 314 g/mol. The molecule has 1 aromatic rings. The number of benzene rings is 1. The Morgan fingerprint density at radius 2 is 2.06 bits per heavy atom. The molecule has 0 fully saturated rings. The normalized spacial score (nSPS) is 10.5. The number of halogens is 1. The van der Waals surface area contributed by atoms with Crippen molar-refractivity contribution in [2.45, 2.75) is 25.6 Å². The quantitative estimate of drug-likeness (QED) is 0.592. The lowest BCUT2D eigenvalue weighted by molar-refractivity contribution is 0.0600. The number of alkyl halides is 1. The topological polar surface area (TPSA) is 35.5 Å². The molecule has 3 nitrogen and oxygen atoms in total. The largest absolute Gasteiger partial charge is 0.494 e. The molecule has 0 aromatic heterocycles. The highest BCUT2D eigenvalue weighted by Gasteiger charge is 2.09. The molecule has 0 N–H and O–H groups in total. The Labute approximate surface area is 117 Å². The maximum absolute atomic E-state index is 11.5. The number of carbonyl (C=O) groups is 1. The lowest BCUT2D eigenvalue weighted by Gasteiger charge is -2.10. The van der Waals surface area contributed by atoms with Crippen molar-refractivity contribution in [2.75, 3.05) is 13.7 Å². The minimum atomic E-state index is -0.341. The van der Waals surface area contributed by atoms with Crippen LogP contribution in [0, 0.1) is 5.92 Å². The van der Waals surface area contributed by atoms with Gasteiger partial charge in [-0.2, -0.15) is 0 Å². The van der Waals surface area contributed by atoms with Gasteiger partial charge >= 0.3 is 5.97 Å². The van der Waals surface area contributed by atoms with Crippen molar-refractivity contribution in [2.24, 2.45) is 5.92 Å². The number of esters is 1. The maximum atomic E-state index is 11.5. The third-order valence-corrected chi connectivity index (χ3v) is 3.15. The molecule has 0 atom stereocenters. The van der Waals surface area contributed by atoms with Crippen LogP contribution in [0.1, 0.15) is 36.2 Å². The highest BCUT2D eigenvalue weighted by molar-refractivity contribution is 9.08. The van der Waals surface area contributed by atoms with E-state index in [2.05, 4.69) is 29.8 Å². The summed E-state index contributed by atoms with van der Waals surface area (Å²) in [6.45, 7) is 4.96. The van der Waals surface area contributed by atoms with Crippen LogP contribution in [0.3, 0.4) is 0 Å². The van der Waals surface area contributed by atoms with E-state index in [1.807, 2.05) is 6.07 Å². The van der Waals surface area contributed by atoms with E-state index in [9.17, 15) is 4.79 Å². The number of carbonyl (C=O) groups excluding carboxylic acids is 1. The fourth-order valence-electron chi connectivity index (χ4n) is 1.47. The molecule has 4 heteroatoms. The van der Waals surface area contributed by atoms with Gasteiger partial charge in [0.25, 0.3) is 0 Å². The average molecular weight is 315 g/mol. The molecule has 100 valence electrons. The van der Waals surface area contributed by atoms with Crippen LogP contribution in [-0.2, 0) is 10.1 Å². The highest BCUT2D eigenvalue weighted by Crippen LogP contribution is 2.20. The zero-order chi connectivity index (χ0) is 13.5. The zero-order valence-electron chi connectivity index (χ0n) is 11.0. The van der Waals surface area contributed by atoms with Crippen molar-refractivity contribution in [3.63, 3.8) is 0 Å². The van der Waals surface area contributed by atoms with Crippen LogP contribution in [0.4, 0.5) is 0 Å². The van der Waals surface area contributed by atoms with E-state index in [-0.39, 0.29) is 5.97 Å². The van der Waals surface area contributed by atoms with E-state index in [0.717, 1.165) is 12.0 Å². The van der Waals surface area contributed by atoms with Gasteiger partial charge in [-0.05, 0) is 36.1 Å². The molecular formula is C14H19BrO3. The summed E-state index contributed by atoms with van der Waals surface area (Å²) in [5.74, 6) is 0.976. The van der Waals surface area contributed by atoms with Crippen molar-refractivity contribution in [1.29, 1.82) is 0 Å². The summed E-state index contributed by atoms with van der Waals surface area (Å²) in [7, 11) is 1.38. The van der Waals surface area contributed by atoms with Crippen LogP contribution in [-0.4, -0.2) is 19.7 Å². The molecule has 0 spiro atoms. The predicted octanol–water partition coefficient (Wildman–Crippen LogP) is 3.79. The van der Waals surface area contributed by atoms with Crippen LogP contribution >= 0.6 is 15.9 Å². The third kappa shape index (κ3) is 4.69. The first-order valence-corrected chi connectivity index (χ1v) is 7.10. The average Bonchev–Trinajstić information content (AvgIpc) is 2.36. The van der Waals surface area contributed by atoms with Gasteiger partial charge in [-0.3, -0.25) is 0 Å². The fraction of sp³-hybridized carbons (Fsp3) is 0.500. The Morgan fingerprint density at radius 3 is 2.61 bits per heavy atom.